The summed E-state index contributed by atoms with van der Waals surface area (Å²) in [6.07, 6.45) is -4.99. The van der Waals surface area contributed by atoms with Crippen LogP contribution >= 0.6 is 11.6 Å². The van der Waals surface area contributed by atoms with Gasteiger partial charge in [-0.2, -0.15) is 13.2 Å². The number of rotatable bonds is 0. The van der Waals surface area contributed by atoms with Crippen molar-refractivity contribution in [1.29, 1.82) is 0 Å². The Balaban J connectivity index is 2.84. The number of hydrogen-bond donors (Lipinski definition) is 2. The smallest absolute Gasteiger partial charge is 0.310 e. The Hall–Kier alpha value is -1.94. The maximum atomic E-state index is 13.7. The number of urea groups is 1. The predicted molar refractivity (Wildman–Crippen MR) is 73.9 cm³/mol. The van der Waals surface area contributed by atoms with Crippen LogP contribution in [0.2, 0.25) is 5.02 Å². The molecule has 2 amide bonds. The van der Waals surface area contributed by atoms with Gasteiger partial charge < -0.3 is 10.6 Å². The zero-order chi connectivity index (χ0) is 16.7. The van der Waals surface area contributed by atoms with E-state index in [9.17, 15) is 22.4 Å². The van der Waals surface area contributed by atoms with Gasteiger partial charge >= 0.3 is 12.2 Å². The lowest BCUT2D eigenvalue weighted by atomic mass is 9.86. The summed E-state index contributed by atoms with van der Waals surface area (Å²) < 4.78 is 54.7. The summed E-state index contributed by atoms with van der Waals surface area (Å²) in [5.41, 5.74) is -3.94. The molecular formula is C14H11ClF4N2O. The number of halogens is 5. The van der Waals surface area contributed by atoms with E-state index >= 15 is 0 Å². The van der Waals surface area contributed by atoms with E-state index in [1.165, 1.54) is 0 Å². The average molecular weight is 335 g/mol. The summed E-state index contributed by atoms with van der Waals surface area (Å²) in [6, 6.07) is 0.807. The molecule has 1 heterocycles. The molecule has 0 fully saturated rings. The molecule has 0 saturated carbocycles. The van der Waals surface area contributed by atoms with Gasteiger partial charge in [-0.1, -0.05) is 37.3 Å². The highest BCUT2D eigenvalue weighted by Crippen LogP contribution is 2.47. The van der Waals surface area contributed by atoms with Crippen LogP contribution in [0, 0.1) is 23.6 Å². The van der Waals surface area contributed by atoms with E-state index in [4.69, 9.17) is 11.6 Å². The van der Waals surface area contributed by atoms with E-state index in [0.29, 0.717) is 0 Å². The van der Waals surface area contributed by atoms with Crippen LogP contribution < -0.4 is 10.6 Å². The third kappa shape index (κ3) is 2.59. The van der Waals surface area contributed by atoms with Gasteiger partial charge in [0, 0.05) is 11.5 Å². The molecule has 1 aliphatic rings. The normalized spacial score (nSPS) is 20.6. The first-order valence-electron chi connectivity index (χ1n) is 6.25. The van der Waals surface area contributed by atoms with Crippen LogP contribution in [0.4, 0.5) is 28.0 Å². The van der Waals surface area contributed by atoms with E-state index in [2.05, 4.69) is 11.2 Å². The molecule has 1 aromatic carbocycles. The fourth-order valence-electron chi connectivity index (χ4n) is 2.04. The van der Waals surface area contributed by atoms with Gasteiger partial charge in [-0.05, 0) is 12.1 Å². The number of carbonyl (C=O) groups excluding carboxylic acids is 1. The van der Waals surface area contributed by atoms with Crippen molar-refractivity contribution in [1.82, 2.24) is 5.32 Å². The van der Waals surface area contributed by atoms with Crippen LogP contribution in [0.1, 0.15) is 19.4 Å². The van der Waals surface area contributed by atoms with Crippen molar-refractivity contribution < 1.29 is 22.4 Å². The van der Waals surface area contributed by atoms with Gasteiger partial charge in [-0.25, -0.2) is 9.18 Å². The molecule has 1 aliphatic heterocycles. The summed E-state index contributed by atoms with van der Waals surface area (Å²) in [4.78, 5) is 11.6. The van der Waals surface area contributed by atoms with E-state index in [1.54, 1.807) is 19.2 Å². The second kappa shape index (κ2) is 5.36. The predicted octanol–water partition coefficient (Wildman–Crippen LogP) is 4.03. The largest absolute Gasteiger partial charge is 0.427 e. The zero-order valence-corrected chi connectivity index (χ0v) is 12.3. The van der Waals surface area contributed by atoms with Crippen LogP contribution in [0.5, 0.6) is 0 Å². The summed E-state index contributed by atoms with van der Waals surface area (Å²) in [7, 11) is 0. The Bertz CT molecular complexity index is 691. The molecule has 0 aliphatic carbocycles. The average Bonchev–Trinajstić information content (AvgIpc) is 2.38. The molecule has 0 saturated heterocycles. The molecule has 118 valence electrons. The number of anilines is 1. The van der Waals surface area contributed by atoms with Crippen LogP contribution in [-0.4, -0.2) is 12.2 Å². The summed E-state index contributed by atoms with van der Waals surface area (Å²) in [5, 5.41) is 3.19. The number of fused-ring (bicyclic) bond motifs is 1. The third-order valence-electron chi connectivity index (χ3n) is 2.99. The maximum absolute atomic E-state index is 13.7. The third-order valence-corrected chi connectivity index (χ3v) is 3.36. The van der Waals surface area contributed by atoms with Gasteiger partial charge in [0.15, 0.2) is 0 Å². The van der Waals surface area contributed by atoms with Gasteiger partial charge in [-0.15, -0.1) is 0 Å². The van der Waals surface area contributed by atoms with Crippen molar-refractivity contribution in [2.24, 2.45) is 5.92 Å². The molecule has 0 bridgehead atoms. The lowest BCUT2D eigenvalue weighted by Gasteiger charge is -2.37. The summed E-state index contributed by atoms with van der Waals surface area (Å²) in [6.45, 7) is 3.18. The molecule has 2 rings (SSSR count). The fourth-order valence-corrected chi connectivity index (χ4v) is 2.34. The number of carbonyl (C=O) groups is 1. The molecule has 0 aromatic heterocycles. The highest BCUT2D eigenvalue weighted by molar-refractivity contribution is 6.32. The standard InChI is InChI=1S/C14H11ClF4N2O/c1-7(2)5-6-13(14(17,18)19)10-9(20-12(22)21-13)4-3-8(16)11(10)15/h3-4,7H,1-2H3,(H2,20,21,22). The molecule has 1 unspecified atom stereocenters. The van der Waals surface area contributed by atoms with E-state index in [1.807, 2.05) is 5.92 Å². The van der Waals surface area contributed by atoms with Gasteiger partial charge in [0.2, 0.25) is 5.54 Å². The molecule has 0 radical (unpaired) electrons. The highest BCUT2D eigenvalue weighted by atomic mass is 35.5. The second-order valence-corrected chi connectivity index (χ2v) is 5.41. The Morgan fingerprint density at radius 1 is 1.32 bits per heavy atom. The minimum atomic E-state index is -4.99. The number of amides is 2. The van der Waals surface area contributed by atoms with E-state index in [-0.39, 0.29) is 11.6 Å². The first kappa shape index (κ1) is 16.4. The van der Waals surface area contributed by atoms with Crippen molar-refractivity contribution >= 4 is 23.3 Å². The molecule has 3 nitrogen and oxygen atoms in total. The Morgan fingerprint density at radius 2 is 1.95 bits per heavy atom. The van der Waals surface area contributed by atoms with Gasteiger partial charge in [0.05, 0.1) is 10.7 Å². The molecule has 2 N–H and O–H groups in total. The van der Waals surface area contributed by atoms with Crippen molar-refractivity contribution in [2.45, 2.75) is 25.6 Å². The van der Waals surface area contributed by atoms with Crippen molar-refractivity contribution in [2.75, 3.05) is 5.32 Å². The SMILES string of the molecule is CC(C)C#CC1(C(F)(F)F)NC(=O)Nc2ccc(F)c(Cl)c21. The van der Waals surface area contributed by atoms with Crippen molar-refractivity contribution in [3.63, 3.8) is 0 Å². The minimum absolute atomic E-state index is 0.231. The van der Waals surface area contributed by atoms with E-state index < -0.39 is 34.1 Å². The lowest BCUT2D eigenvalue weighted by molar-refractivity contribution is -0.178. The zero-order valence-electron chi connectivity index (χ0n) is 11.5. The quantitative estimate of drug-likeness (QED) is 0.546. The Labute approximate surface area is 129 Å². The molecule has 1 atom stereocenters. The van der Waals surface area contributed by atoms with Crippen LogP contribution in [0.15, 0.2) is 12.1 Å². The molecule has 22 heavy (non-hydrogen) atoms. The van der Waals surface area contributed by atoms with E-state index in [0.717, 1.165) is 12.1 Å². The summed E-state index contributed by atoms with van der Waals surface area (Å²) in [5.74, 6) is 2.99. The monoisotopic (exact) mass is 334 g/mol. The second-order valence-electron chi connectivity index (χ2n) is 5.03. The number of alkyl halides is 3. The number of hydrogen-bond acceptors (Lipinski definition) is 1. The van der Waals surface area contributed by atoms with Crippen LogP contribution in [-0.2, 0) is 5.54 Å². The Kier molecular flexibility index (Phi) is 4.00. The van der Waals surface area contributed by atoms with Gasteiger partial charge in [-0.3, -0.25) is 0 Å². The van der Waals surface area contributed by atoms with Crippen molar-refractivity contribution in [3.05, 3.63) is 28.5 Å². The first-order chi connectivity index (χ1) is 10.1. The van der Waals surface area contributed by atoms with Gasteiger partial charge in [0.25, 0.3) is 0 Å². The maximum Gasteiger partial charge on any atom is 0.427 e. The van der Waals surface area contributed by atoms with Crippen LogP contribution in [0.25, 0.3) is 0 Å². The van der Waals surface area contributed by atoms with Crippen molar-refractivity contribution in [3.8, 4) is 11.8 Å². The molecule has 0 spiro atoms. The van der Waals surface area contributed by atoms with Gasteiger partial charge in [0.1, 0.15) is 5.82 Å². The number of nitrogens with one attached hydrogen (secondary N) is 2. The Morgan fingerprint density at radius 3 is 2.50 bits per heavy atom. The molecular weight excluding hydrogens is 324 g/mol. The number of benzene rings is 1. The summed E-state index contributed by atoms with van der Waals surface area (Å²) >= 11 is 5.73. The lowest BCUT2D eigenvalue weighted by Crippen LogP contribution is -2.59. The highest BCUT2D eigenvalue weighted by Gasteiger charge is 2.60. The first-order valence-corrected chi connectivity index (χ1v) is 6.63. The fraction of sp³-hybridized carbons (Fsp3) is 0.357. The topological polar surface area (TPSA) is 41.1 Å². The minimum Gasteiger partial charge on any atom is -0.310 e. The van der Waals surface area contributed by atoms with Crippen LogP contribution in [0.3, 0.4) is 0 Å². The molecule has 8 heteroatoms. The molecule has 1 aromatic rings.